The summed E-state index contributed by atoms with van der Waals surface area (Å²) in [5.74, 6) is -1.51. The fourth-order valence-corrected chi connectivity index (χ4v) is 6.80. The van der Waals surface area contributed by atoms with E-state index in [0.717, 1.165) is 5.56 Å². The number of sulfonamides is 2. The second-order valence-electron chi connectivity index (χ2n) is 7.03. The topological polar surface area (TPSA) is 101 Å². The molecule has 1 unspecified atom stereocenters. The van der Waals surface area contributed by atoms with Gasteiger partial charge in [-0.3, -0.25) is 4.79 Å². The molecule has 162 valence electrons. The predicted molar refractivity (Wildman–Crippen MR) is 113 cm³/mol. The van der Waals surface area contributed by atoms with E-state index in [4.69, 9.17) is 4.74 Å². The molecule has 1 amide bonds. The molecular weight excluding hydrogens is 428 g/mol. The van der Waals surface area contributed by atoms with Crippen LogP contribution in [0.1, 0.15) is 19.4 Å². The van der Waals surface area contributed by atoms with Gasteiger partial charge in [0.2, 0.25) is 26.0 Å². The summed E-state index contributed by atoms with van der Waals surface area (Å²) < 4.78 is 58.9. The highest BCUT2D eigenvalue weighted by Crippen LogP contribution is 2.35. The van der Waals surface area contributed by atoms with E-state index in [0.29, 0.717) is 4.31 Å². The Kier molecular flexibility index (Phi) is 6.21. The Balaban J connectivity index is 2.07. The van der Waals surface area contributed by atoms with Gasteiger partial charge in [0.05, 0.1) is 24.5 Å². The predicted octanol–water partition coefficient (Wildman–Crippen LogP) is 2.22. The van der Waals surface area contributed by atoms with Crippen molar-refractivity contribution in [3.63, 3.8) is 0 Å². The van der Waals surface area contributed by atoms with Gasteiger partial charge in [-0.25, -0.2) is 21.1 Å². The van der Waals surface area contributed by atoms with Crippen molar-refractivity contribution in [2.75, 3.05) is 23.7 Å². The number of benzene rings is 2. The molecule has 0 aliphatic carbocycles. The molecule has 0 bridgehead atoms. The molecule has 0 spiro atoms. The molecule has 30 heavy (non-hydrogen) atoms. The van der Waals surface area contributed by atoms with Gasteiger partial charge < -0.3 is 4.74 Å². The molecular formula is C20H24N2O6S2. The van der Waals surface area contributed by atoms with Gasteiger partial charge in [-0.15, -0.1) is 0 Å². The van der Waals surface area contributed by atoms with Crippen molar-refractivity contribution < 1.29 is 26.4 Å². The van der Waals surface area contributed by atoms with E-state index in [1.54, 1.807) is 6.92 Å². The number of ether oxygens (including phenoxy) is 1. The van der Waals surface area contributed by atoms with Crippen LogP contribution in [0.2, 0.25) is 0 Å². The lowest BCUT2D eigenvalue weighted by molar-refractivity contribution is -0.119. The van der Waals surface area contributed by atoms with Crippen LogP contribution in [-0.4, -0.2) is 46.5 Å². The van der Waals surface area contributed by atoms with Crippen LogP contribution in [0.4, 0.5) is 5.69 Å². The van der Waals surface area contributed by atoms with E-state index < -0.39 is 31.9 Å². The minimum absolute atomic E-state index is 0.0144. The molecule has 1 heterocycles. The van der Waals surface area contributed by atoms with Crippen LogP contribution < -0.4 is 9.04 Å². The minimum Gasteiger partial charge on any atom is -0.495 e. The highest BCUT2D eigenvalue weighted by atomic mass is 32.2. The molecule has 1 aliphatic heterocycles. The van der Waals surface area contributed by atoms with Crippen LogP contribution in [0.5, 0.6) is 5.75 Å². The van der Waals surface area contributed by atoms with Crippen molar-refractivity contribution in [1.82, 2.24) is 4.31 Å². The number of carbonyl (C=O) groups excluding carboxylic acids is 1. The lowest BCUT2D eigenvalue weighted by atomic mass is 10.2. The zero-order chi connectivity index (χ0) is 22.1. The zero-order valence-electron chi connectivity index (χ0n) is 17.0. The van der Waals surface area contributed by atoms with Crippen LogP contribution in [-0.2, 0) is 31.4 Å². The van der Waals surface area contributed by atoms with E-state index in [-0.39, 0.29) is 35.2 Å². The van der Waals surface area contributed by atoms with E-state index in [2.05, 4.69) is 0 Å². The SMILES string of the molecule is CCN(Cc1ccccc1)S(=O)(=O)c1cc(N2C(=O)C(C)CS2(=O)=O)ccc1OC. The first-order valence-corrected chi connectivity index (χ1v) is 12.5. The van der Waals surface area contributed by atoms with Gasteiger partial charge in [0.25, 0.3) is 0 Å². The van der Waals surface area contributed by atoms with Crippen LogP contribution in [0, 0.1) is 5.92 Å². The summed E-state index contributed by atoms with van der Waals surface area (Å²) in [6.45, 7) is 3.58. The number of hydrogen-bond donors (Lipinski definition) is 0. The monoisotopic (exact) mass is 452 g/mol. The zero-order valence-corrected chi connectivity index (χ0v) is 18.6. The largest absolute Gasteiger partial charge is 0.495 e. The van der Waals surface area contributed by atoms with E-state index >= 15 is 0 Å². The molecule has 1 aliphatic rings. The van der Waals surface area contributed by atoms with Crippen LogP contribution in [0.3, 0.4) is 0 Å². The van der Waals surface area contributed by atoms with E-state index in [9.17, 15) is 21.6 Å². The summed E-state index contributed by atoms with van der Waals surface area (Å²) in [4.78, 5) is 12.2. The molecule has 0 saturated carbocycles. The van der Waals surface area contributed by atoms with Gasteiger partial charge in [0.1, 0.15) is 10.6 Å². The average Bonchev–Trinajstić information content (AvgIpc) is 2.92. The van der Waals surface area contributed by atoms with Crippen molar-refractivity contribution in [3.05, 3.63) is 54.1 Å². The lowest BCUT2D eigenvalue weighted by Crippen LogP contribution is -2.32. The first-order chi connectivity index (χ1) is 14.1. The summed E-state index contributed by atoms with van der Waals surface area (Å²) in [6, 6.07) is 13.1. The fraction of sp³-hybridized carbons (Fsp3) is 0.350. The number of carbonyl (C=O) groups is 1. The number of hydrogen-bond acceptors (Lipinski definition) is 6. The summed E-state index contributed by atoms with van der Waals surface area (Å²) in [5, 5.41) is 0. The van der Waals surface area contributed by atoms with Gasteiger partial charge >= 0.3 is 0 Å². The highest BCUT2D eigenvalue weighted by Gasteiger charge is 2.42. The quantitative estimate of drug-likeness (QED) is 0.638. The molecule has 3 rings (SSSR count). The van der Waals surface area contributed by atoms with Gasteiger partial charge in [0.15, 0.2) is 0 Å². The molecule has 2 aromatic carbocycles. The number of amides is 1. The van der Waals surface area contributed by atoms with Crippen LogP contribution in [0.15, 0.2) is 53.4 Å². The molecule has 1 saturated heterocycles. The molecule has 1 atom stereocenters. The molecule has 0 N–H and O–H groups in total. The first-order valence-electron chi connectivity index (χ1n) is 9.40. The molecule has 0 radical (unpaired) electrons. The minimum atomic E-state index is -4.04. The smallest absolute Gasteiger partial charge is 0.247 e. The Bertz CT molecular complexity index is 1150. The highest BCUT2D eigenvalue weighted by molar-refractivity contribution is 7.94. The summed E-state index contributed by atoms with van der Waals surface area (Å²) >= 11 is 0. The third-order valence-electron chi connectivity index (χ3n) is 4.91. The first kappa shape index (κ1) is 22.3. The third kappa shape index (κ3) is 4.07. The molecule has 2 aromatic rings. The van der Waals surface area contributed by atoms with E-state index in [1.807, 2.05) is 30.3 Å². The van der Waals surface area contributed by atoms with Crippen molar-refractivity contribution in [1.29, 1.82) is 0 Å². The second kappa shape index (κ2) is 8.37. The van der Waals surface area contributed by atoms with Crippen LogP contribution in [0.25, 0.3) is 0 Å². The van der Waals surface area contributed by atoms with E-state index in [1.165, 1.54) is 36.5 Å². The molecule has 1 fully saturated rings. The average molecular weight is 453 g/mol. The summed E-state index contributed by atoms with van der Waals surface area (Å²) in [5.41, 5.74) is 0.795. The maximum Gasteiger partial charge on any atom is 0.247 e. The Morgan fingerprint density at radius 3 is 2.37 bits per heavy atom. The van der Waals surface area contributed by atoms with Crippen molar-refractivity contribution in [3.8, 4) is 5.75 Å². The van der Waals surface area contributed by atoms with Gasteiger partial charge in [-0.05, 0) is 23.8 Å². The van der Waals surface area contributed by atoms with Crippen molar-refractivity contribution in [2.24, 2.45) is 5.92 Å². The standard InChI is InChI=1S/C20H24N2O6S2/c1-4-21(13-16-8-6-5-7-9-16)30(26,27)19-12-17(10-11-18(19)28-3)22-20(23)15(2)14-29(22,24)25/h5-12,15H,4,13-14H2,1-3H3. The van der Waals surface area contributed by atoms with Crippen molar-refractivity contribution in [2.45, 2.75) is 25.3 Å². The van der Waals surface area contributed by atoms with Crippen LogP contribution >= 0.6 is 0 Å². The number of methoxy groups -OCH3 is 1. The van der Waals surface area contributed by atoms with Gasteiger partial charge in [-0.2, -0.15) is 4.31 Å². The van der Waals surface area contributed by atoms with Gasteiger partial charge in [-0.1, -0.05) is 44.2 Å². The number of nitrogens with zero attached hydrogens (tertiary/aromatic N) is 2. The van der Waals surface area contributed by atoms with Crippen molar-refractivity contribution >= 4 is 31.6 Å². The molecule has 8 nitrogen and oxygen atoms in total. The van der Waals surface area contributed by atoms with Gasteiger partial charge in [0, 0.05) is 13.1 Å². The maximum atomic E-state index is 13.4. The maximum absolute atomic E-state index is 13.4. The Morgan fingerprint density at radius 1 is 1.17 bits per heavy atom. The normalized spacial score (nSPS) is 18.7. The fourth-order valence-electron chi connectivity index (χ4n) is 3.37. The summed E-state index contributed by atoms with van der Waals surface area (Å²) in [6.07, 6.45) is 0. The Hall–Kier alpha value is -2.43. The molecule has 0 aromatic heterocycles. The second-order valence-corrected chi connectivity index (χ2v) is 10.8. The third-order valence-corrected chi connectivity index (χ3v) is 8.72. The number of rotatable bonds is 7. The number of anilines is 1. The molecule has 10 heteroatoms. The summed E-state index contributed by atoms with van der Waals surface area (Å²) in [7, 11) is -6.56. The Labute approximate surface area is 177 Å². The lowest BCUT2D eigenvalue weighted by Gasteiger charge is -2.23. The Morgan fingerprint density at radius 2 is 1.83 bits per heavy atom.